The van der Waals surface area contributed by atoms with Crippen molar-refractivity contribution in [3.8, 4) is 5.69 Å². The third kappa shape index (κ3) is 4.50. The van der Waals surface area contributed by atoms with Crippen molar-refractivity contribution < 1.29 is 4.79 Å². The fourth-order valence-corrected chi connectivity index (χ4v) is 3.78. The first-order valence-electron chi connectivity index (χ1n) is 10.6. The molecule has 1 aliphatic heterocycles. The normalized spacial score (nSPS) is 14.4. The van der Waals surface area contributed by atoms with Crippen LogP contribution in [0.3, 0.4) is 0 Å². The topological polar surface area (TPSA) is 75.9 Å². The van der Waals surface area contributed by atoms with Crippen LogP contribution < -0.4 is 10.2 Å². The number of aromatic nitrogens is 4. The summed E-state index contributed by atoms with van der Waals surface area (Å²) in [4.78, 5) is 19.6. The van der Waals surface area contributed by atoms with Gasteiger partial charge in [-0.3, -0.25) is 4.79 Å². The number of pyridine rings is 1. The van der Waals surface area contributed by atoms with Crippen LogP contribution in [0.5, 0.6) is 0 Å². The summed E-state index contributed by atoms with van der Waals surface area (Å²) in [6, 6.07) is 12.0. The van der Waals surface area contributed by atoms with E-state index in [1.54, 1.807) is 4.68 Å². The number of benzene rings is 1. The molecule has 0 bridgehead atoms. The van der Waals surface area contributed by atoms with Crippen LogP contribution in [0.15, 0.2) is 42.6 Å². The first-order valence-corrected chi connectivity index (χ1v) is 10.6. The standard InChI is InChI=1S/C23H28N6O/c1-17-7-9-20(10-8-17)29-18(2)22(26-27-29)23(30)25-16-19-11-12-24-21(15-19)28-13-5-3-4-6-14-28/h7-12,15H,3-6,13-14,16H2,1-2H3,(H,25,30). The zero-order chi connectivity index (χ0) is 20.9. The number of aryl methyl sites for hydroxylation is 1. The zero-order valence-electron chi connectivity index (χ0n) is 17.6. The predicted octanol–water partition coefficient (Wildman–Crippen LogP) is 3.59. The Bertz CT molecular complexity index is 1000. The van der Waals surface area contributed by atoms with Gasteiger partial charge in [-0.1, -0.05) is 35.8 Å². The Morgan fingerprint density at radius 3 is 2.50 bits per heavy atom. The van der Waals surface area contributed by atoms with Gasteiger partial charge in [0.25, 0.3) is 5.91 Å². The molecule has 1 aliphatic rings. The minimum absolute atomic E-state index is 0.223. The van der Waals surface area contributed by atoms with E-state index in [2.05, 4.69) is 31.6 Å². The highest BCUT2D eigenvalue weighted by molar-refractivity contribution is 5.93. The fourth-order valence-electron chi connectivity index (χ4n) is 3.78. The Labute approximate surface area is 177 Å². The number of hydrogen-bond acceptors (Lipinski definition) is 5. The van der Waals surface area contributed by atoms with Gasteiger partial charge in [-0.15, -0.1) is 5.10 Å². The third-order valence-electron chi connectivity index (χ3n) is 5.58. The van der Waals surface area contributed by atoms with Gasteiger partial charge in [-0.25, -0.2) is 9.67 Å². The van der Waals surface area contributed by atoms with Crippen LogP contribution in [0, 0.1) is 13.8 Å². The van der Waals surface area contributed by atoms with Gasteiger partial charge < -0.3 is 10.2 Å². The van der Waals surface area contributed by atoms with E-state index in [-0.39, 0.29) is 5.91 Å². The molecular formula is C23H28N6O. The molecule has 0 saturated carbocycles. The molecule has 2 aromatic heterocycles. The number of amides is 1. The molecule has 0 unspecified atom stereocenters. The highest BCUT2D eigenvalue weighted by Gasteiger charge is 2.17. The Hall–Kier alpha value is -3.22. The van der Waals surface area contributed by atoms with Gasteiger partial charge in [0.2, 0.25) is 0 Å². The van der Waals surface area contributed by atoms with Crippen molar-refractivity contribution in [2.45, 2.75) is 46.1 Å². The van der Waals surface area contributed by atoms with Crippen molar-refractivity contribution in [3.63, 3.8) is 0 Å². The van der Waals surface area contributed by atoms with Crippen molar-refractivity contribution in [2.75, 3.05) is 18.0 Å². The van der Waals surface area contributed by atoms with Gasteiger partial charge in [0.1, 0.15) is 5.82 Å². The maximum atomic E-state index is 12.7. The Kier molecular flexibility index (Phi) is 6.07. The van der Waals surface area contributed by atoms with Crippen LogP contribution in [0.4, 0.5) is 5.82 Å². The molecule has 7 nitrogen and oxygen atoms in total. The summed E-state index contributed by atoms with van der Waals surface area (Å²) in [6.07, 6.45) is 6.81. The predicted molar refractivity (Wildman–Crippen MR) is 117 cm³/mol. The fraction of sp³-hybridized carbons (Fsp3) is 0.391. The lowest BCUT2D eigenvalue weighted by molar-refractivity contribution is 0.0945. The minimum atomic E-state index is -0.223. The second-order valence-corrected chi connectivity index (χ2v) is 7.88. The van der Waals surface area contributed by atoms with E-state index in [1.165, 1.54) is 31.2 Å². The molecule has 1 amide bonds. The summed E-state index contributed by atoms with van der Waals surface area (Å²) < 4.78 is 1.69. The number of carbonyl (C=O) groups excluding carboxylic acids is 1. The Morgan fingerprint density at radius 2 is 1.77 bits per heavy atom. The molecule has 7 heteroatoms. The highest BCUT2D eigenvalue weighted by atomic mass is 16.2. The van der Waals surface area contributed by atoms with E-state index in [1.807, 2.05) is 50.4 Å². The smallest absolute Gasteiger partial charge is 0.274 e. The van der Waals surface area contributed by atoms with Gasteiger partial charge in [-0.05, 0) is 56.5 Å². The molecule has 4 rings (SSSR count). The summed E-state index contributed by atoms with van der Waals surface area (Å²) in [6.45, 7) is 6.42. The molecule has 156 valence electrons. The molecule has 0 spiro atoms. The van der Waals surface area contributed by atoms with Crippen LogP contribution in [0.1, 0.15) is 53.0 Å². The van der Waals surface area contributed by atoms with E-state index in [0.717, 1.165) is 35.9 Å². The summed E-state index contributed by atoms with van der Waals surface area (Å²) in [5.74, 6) is 0.768. The van der Waals surface area contributed by atoms with E-state index in [4.69, 9.17) is 0 Å². The molecular weight excluding hydrogens is 376 g/mol. The average molecular weight is 405 g/mol. The van der Waals surface area contributed by atoms with Crippen molar-refractivity contribution in [1.29, 1.82) is 0 Å². The Balaban J connectivity index is 1.43. The maximum Gasteiger partial charge on any atom is 0.274 e. The molecule has 0 atom stereocenters. The Morgan fingerprint density at radius 1 is 1.03 bits per heavy atom. The van der Waals surface area contributed by atoms with E-state index in [9.17, 15) is 4.79 Å². The summed E-state index contributed by atoms with van der Waals surface area (Å²) in [5.41, 5.74) is 4.15. The van der Waals surface area contributed by atoms with Crippen LogP contribution >= 0.6 is 0 Å². The average Bonchev–Trinajstić information content (AvgIpc) is 2.97. The minimum Gasteiger partial charge on any atom is -0.357 e. The molecule has 1 aromatic carbocycles. The summed E-state index contributed by atoms with van der Waals surface area (Å²) >= 11 is 0. The largest absolute Gasteiger partial charge is 0.357 e. The molecule has 1 fully saturated rings. The number of carbonyl (C=O) groups is 1. The molecule has 1 saturated heterocycles. The van der Waals surface area contributed by atoms with Gasteiger partial charge in [-0.2, -0.15) is 0 Å². The van der Waals surface area contributed by atoms with E-state index >= 15 is 0 Å². The van der Waals surface area contributed by atoms with E-state index < -0.39 is 0 Å². The maximum absolute atomic E-state index is 12.7. The van der Waals surface area contributed by atoms with Crippen molar-refractivity contribution in [2.24, 2.45) is 0 Å². The number of nitrogens with zero attached hydrogens (tertiary/aromatic N) is 5. The number of nitrogens with one attached hydrogen (secondary N) is 1. The first kappa shape index (κ1) is 20.1. The number of hydrogen-bond donors (Lipinski definition) is 1. The first-order chi connectivity index (χ1) is 14.6. The number of anilines is 1. The lowest BCUT2D eigenvalue weighted by Gasteiger charge is -2.21. The van der Waals surface area contributed by atoms with Crippen molar-refractivity contribution in [3.05, 3.63) is 65.1 Å². The van der Waals surface area contributed by atoms with Gasteiger partial charge in [0, 0.05) is 25.8 Å². The second kappa shape index (κ2) is 9.07. The van der Waals surface area contributed by atoms with Gasteiger partial charge in [0.15, 0.2) is 5.69 Å². The van der Waals surface area contributed by atoms with Crippen molar-refractivity contribution >= 4 is 11.7 Å². The quantitative estimate of drug-likeness (QED) is 0.703. The van der Waals surface area contributed by atoms with E-state index in [0.29, 0.717) is 12.2 Å². The zero-order valence-corrected chi connectivity index (χ0v) is 17.6. The number of rotatable bonds is 5. The molecule has 0 radical (unpaired) electrons. The molecule has 30 heavy (non-hydrogen) atoms. The molecule has 3 aromatic rings. The van der Waals surface area contributed by atoms with Gasteiger partial charge >= 0.3 is 0 Å². The van der Waals surface area contributed by atoms with Crippen LogP contribution in [-0.2, 0) is 6.54 Å². The summed E-state index contributed by atoms with van der Waals surface area (Å²) in [7, 11) is 0. The molecule has 3 heterocycles. The lowest BCUT2D eigenvalue weighted by Crippen LogP contribution is -2.26. The molecule has 1 N–H and O–H groups in total. The highest BCUT2D eigenvalue weighted by Crippen LogP contribution is 2.18. The second-order valence-electron chi connectivity index (χ2n) is 7.88. The van der Waals surface area contributed by atoms with Crippen LogP contribution in [-0.4, -0.2) is 39.0 Å². The van der Waals surface area contributed by atoms with Crippen molar-refractivity contribution in [1.82, 2.24) is 25.3 Å². The molecule has 0 aliphatic carbocycles. The van der Waals surface area contributed by atoms with Gasteiger partial charge in [0.05, 0.1) is 11.4 Å². The lowest BCUT2D eigenvalue weighted by atomic mass is 10.2. The monoisotopic (exact) mass is 404 g/mol. The van der Waals surface area contributed by atoms with Crippen LogP contribution in [0.2, 0.25) is 0 Å². The summed E-state index contributed by atoms with van der Waals surface area (Å²) in [5, 5.41) is 11.2. The SMILES string of the molecule is Cc1ccc(-n2nnc(C(=O)NCc3ccnc(N4CCCCCC4)c3)c2C)cc1. The third-order valence-corrected chi connectivity index (χ3v) is 5.58. The van der Waals surface area contributed by atoms with Crippen LogP contribution in [0.25, 0.3) is 5.69 Å².